The van der Waals surface area contributed by atoms with Crippen LogP contribution in [-0.2, 0) is 0 Å². The Morgan fingerprint density at radius 3 is 2.75 bits per heavy atom. The lowest BCUT2D eigenvalue weighted by molar-refractivity contribution is 0.253. The fourth-order valence-electron chi connectivity index (χ4n) is 2.23. The van der Waals surface area contributed by atoms with Crippen molar-refractivity contribution in [2.45, 2.75) is 18.9 Å². The summed E-state index contributed by atoms with van der Waals surface area (Å²) in [5.41, 5.74) is 1.24. The molecule has 0 spiro atoms. The van der Waals surface area contributed by atoms with Crippen molar-refractivity contribution >= 4 is 21.6 Å². The van der Waals surface area contributed by atoms with Crippen LogP contribution in [0.15, 0.2) is 22.9 Å². The first-order valence-corrected chi connectivity index (χ1v) is 6.48. The Balaban J connectivity index is 2.07. The van der Waals surface area contributed by atoms with Crippen molar-refractivity contribution < 1.29 is 0 Å². The van der Waals surface area contributed by atoms with Gasteiger partial charge in [0.05, 0.1) is 10.2 Å². The Kier molecular flexibility index (Phi) is 3.82. The van der Waals surface area contributed by atoms with E-state index in [0.717, 1.165) is 4.47 Å². The van der Waals surface area contributed by atoms with Crippen molar-refractivity contribution in [1.82, 2.24) is 9.88 Å². The van der Waals surface area contributed by atoms with Crippen LogP contribution in [0.1, 0.15) is 12.8 Å². The minimum absolute atomic E-state index is 0.648. The first kappa shape index (κ1) is 11.9. The molecule has 0 amide bonds. The monoisotopic (exact) mass is 283 g/mol. The van der Waals surface area contributed by atoms with Gasteiger partial charge in [-0.15, -0.1) is 0 Å². The molecule has 1 aliphatic heterocycles. The normalized spacial score (nSPS) is 18.7. The van der Waals surface area contributed by atoms with E-state index in [1.54, 1.807) is 0 Å². The van der Waals surface area contributed by atoms with Crippen LogP contribution in [0.4, 0.5) is 5.69 Å². The first-order valence-electron chi connectivity index (χ1n) is 5.69. The van der Waals surface area contributed by atoms with Gasteiger partial charge in [0.1, 0.15) is 0 Å². The third kappa shape index (κ3) is 2.55. The predicted octanol–water partition coefficient (Wildman–Crippen LogP) is 2.37. The Morgan fingerprint density at radius 1 is 1.44 bits per heavy atom. The third-order valence-electron chi connectivity index (χ3n) is 3.37. The molecular formula is C12H18BrN3. The molecule has 2 heterocycles. The molecule has 1 saturated heterocycles. The Hall–Kier alpha value is -0.610. The Bertz CT molecular complexity index is 348. The van der Waals surface area contributed by atoms with Crippen LogP contribution in [0, 0.1) is 0 Å². The molecule has 0 bridgehead atoms. The molecule has 1 aliphatic rings. The molecule has 88 valence electrons. The molecular weight excluding hydrogens is 266 g/mol. The smallest absolute Gasteiger partial charge is 0.0592 e. The van der Waals surface area contributed by atoms with Gasteiger partial charge in [0.25, 0.3) is 0 Å². The summed E-state index contributed by atoms with van der Waals surface area (Å²) in [6.07, 6.45) is 6.19. The summed E-state index contributed by atoms with van der Waals surface area (Å²) in [5.74, 6) is 0. The highest BCUT2D eigenvalue weighted by atomic mass is 79.9. The number of halogens is 1. The van der Waals surface area contributed by atoms with Crippen molar-refractivity contribution in [1.29, 1.82) is 0 Å². The van der Waals surface area contributed by atoms with Gasteiger partial charge in [-0.05, 0) is 55.0 Å². The number of anilines is 1. The molecule has 1 aromatic heterocycles. The van der Waals surface area contributed by atoms with E-state index >= 15 is 0 Å². The van der Waals surface area contributed by atoms with Crippen molar-refractivity contribution in [3.63, 3.8) is 0 Å². The van der Waals surface area contributed by atoms with E-state index < -0.39 is 0 Å². The van der Waals surface area contributed by atoms with Crippen LogP contribution in [0.2, 0.25) is 0 Å². The number of likely N-dealkylation sites (tertiary alicyclic amines) is 1. The third-order valence-corrected chi connectivity index (χ3v) is 3.98. The van der Waals surface area contributed by atoms with Crippen LogP contribution in [0.5, 0.6) is 0 Å². The first-order chi connectivity index (χ1) is 7.68. The highest BCUT2D eigenvalue weighted by molar-refractivity contribution is 9.10. The van der Waals surface area contributed by atoms with Gasteiger partial charge in [0.2, 0.25) is 0 Å². The lowest BCUT2D eigenvalue weighted by atomic mass is 10.0. The van der Waals surface area contributed by atoms with E-state index in [4.69, 9.17) is 0 Å². The zero-order valence-electron chi connectivity index (χ0n) is 9.86. The molecule has 1 aromatic rings. The largest absolute Gasteiger partial charge is 0.371 e. The van der Waals surface area contributed by atoms with Gasteiger partial charge in [0.15, 0.2) is 0 Å². The molecule has 0 aliphatic carbocycles. The summed E-state index contributed by atoms with van der Waals surface area (Å²) >= 11 is 3.56. The van der Waals surface area contributed by atoms with Gasteiger partial charge >= 0.3 is 0 Å². The van der Waals surface area contributed by atoms with Crippen LogP contribution >= 0.6 is 15.9 Å². The molecule has 0 radical (unpaired) electrons. The summed E-state index contributed by atoms with van der Waals surface area (Å²) in [7, 11) is 4.37. The van der Waals surface area contributed by atoms with Crippen LogP contribution in [0.3, 0.4) is 0 Å². The number of aromatic nitrogens is 1. The highest BCUT2D eigenvalue weighted by Crippen LogP contribution is 2.27. The highest BCUT2D eigenvalue weighted by Gasteiger charge is 2.21. The summed E-state index contributed by atoms with van der Waals surface area (Å²) < 4.78 is 1.08. The van der Waals surface area contributed by atoms with Crippen LogP contribution in [-0.4, -0.2) is 43.1 Å². The lowest BCUT2D eigenvalue weighted by Gasteiger charge is -2.36. The fraction of sp³-hybridized carbons (Fsp3) is 0.583. The van der Waals surface area contributed by atoms with Gasteiger partial charge in [-0.3, -0.25) is 4.98 Å². The molecule has 1 fully saturated rings. The zero-order chi connectivity index (χ0) is 11.5. The molecule has 3 nitrogen and oxygen atoms in total. The second-order valence-electron chi connectivity index (χ2n) is 4.47. The molecule has 0 atom stereocenters. The average molecular weight is 284 g/mol. The molecule has 0 unspecified atom stereocenters. The summed E-state index contributed by atoms with van der Waals surface area (Å²) in [6, 6.07) is 2.72. The molecule has 0 N–H and O–H groups in total. The van der Waals surface area contributed by atoms with Crippen molar-refractivity contribution in [2.75, 3.05) is 32.1 Å². The molecule has 2 rings (SSSR count). The summed E-state index contributed by atoms with van der Waals surface area (Å²) in [6.45, 7) is 2.38. The standard InChI is InChI=1S/C12H18BrN3/c1-15-7-4-10(5-8-15)16(2)12-3-6-14-9-11(12)13/h3,6,9-10H,4-5,7-8H2,1-2H3. The minimum atomic E-state index is 0.648. The lowest BCUT2D eigenvalue weighted by Crippen LogP contribution is -2.42. The Morgan fingerprint density at radius 2 is 2.12 bits per heavy atom. The van der Waals surface area contributed by atoms with Crippen molar-refractivity contribution in [2.24, 2.45) is 0 Å². The van der Waals surface area contributed by atoms with E-state index in [1.165, 1.54) is 31.6 Å². The fourth-order valence-corrected chi connectivity index (χ4v) is 2.76. The molecule has 16 heavy (non-hydrogen) atoms. The van der Waals surface area contributed by atoms with Crippen molar-refractivity contribution in [3.8, 4) is 0 Å². The maximum absolute atomic E-state index is 4.10. The average Bonchev–Trinajstić information content (AvgIpc) is 2.30. The predicted molar refractivity (Wildman–Crippen MR) is 70.9 cm³/mol. The SMILES string of the molecule is CN1CCC(N(C)c2ccncc2Br)CC1. The summed E-state index contributed by atoms with van der Waals surface area (Å²) in [4.78, 5) is 8.87. The van der Waals surface area contributed by atoms with Crippen LogP contribution < -0.4 is 4.90 Å². The zero-order valence-corrected chi connectivity index (χ0v) is 11.4. The number of piperidine rings is 1. The van der Waals surface area contributed by atoms with Gasteiger partial charge in [-0.25, -0.2) is 0 Å². The van der Waals surface area contributed by atoms with E-state index in [9.17, 15) is 0 Å². The van der Waals surface area contributed by atoms with Crippen LogP contribution in [0.25, 0.3) is 0 Å². The summed E-state index contributed by atoms with van der Waals surface area (Å²) in [5, 5.41) is 0. The quantitative estimate of drug-likeness (QED) is 0.831. The Labute approximate surface area is 106 Å². The number of hydrogen-bond acceptors (Lipinski definition) is 3. The van der Waals surface area contributed by atoms with Gasteiger partial charge in [-0.1, -0.05) is 0 Å². The second-order valence-corrected chi connectivity index (χ2v) is 5.33. The number of nitrogens with zero attached hydrogens (tertiary/aromatic N) is 3. The van der Waals surface area contributed by atoms with E-state index in [0.29, 0.717) is 6.04 Å². The number of rotatable bonds is 2. The number of pyridine rings is 1. The topological polar surface area (TPSA) is 19.4 Å². The molecule has 4 heteroatoms. The molecule has 0 saturated carbocycles. The molecule has 0 aromatic carbocycles. The van der Waals surface area contributed by atoms with Crippen molar-refractivity contribution in [3.05, 3.63) is 22.9 Å². The minimum Gasteiger partial charge on any atom is -0.371 e. The maximum Gasteiger partial charge on any atom is 0.0592 e. The number of hydrogen-bond donors (Lipinski definition) is 0. The maximum atomic E-state index is 4.10. The van der Waals surface area contributed by atoms with Gasteiger partial charge in [0, 0.05) is 25.5 Å². The van der Waals surface area contributed by atoms with E-state index in [-0.39, 0.29) is 0 Å². The second kappa shape index (κ2) is 5.15. The van der Waals surface area contributed by atoms with E-state index in [1.807, 2.05) is 12.4 Å². The van der Waals surface area contributed by atoms with E-state index in [2.05, 4.69) is 50.9 Å². The van der Waals surface area contributed by atoms with Gasteiger partial charge < -0.3 is 9.80 Å². The van der Waals surface area contributed by atoms with Gasteiger partial charge in [-0.2, -0.15) is 0 Å².